The van der Waals surface area contributed by atoms with Gasteiger partial charge in [-0.1, -0.05) is 18.2 Å². The van der Waals surface area contributed by atoms with E-state index in [-0.39, 0.29) is 5.91 Å². The van der Waals surface area contributed by atoms with Crippen LogP contribution in [0.3, 0.4) is 0 Å². The van der Waals surface area contributed by atoms with Crippen molar-refractivity contribution in [3.05, 3.63) is 77.7 Å². The first-order valence-corrected chi connectivity index (χ1v) is 8.61. The number of thiazole rings is 1. The number of benzene rings is 1. The van der Waals surface area contributed by atoms with Crippen LogP contribution in [-0.2, 0) is 6.54 Å². The van der Waals surface area contributed by atoms with Crippen molar-refractivity contribution in [3.63, 3.8) is 0 Å². The molecule has 0 saturated carbocycles. The molecule has 1 amide bonds. The van der Waals surface area contributed by atoms with E-state index in [9.17, 15) is 4.79 Å². The molecule has 0 unspecified atom stereocenters. The highest BCUT2D eigenvalue weighted by Gasteiger charge is 2.13. The molecule has 0 radical (unpaired) electrons. The lowest BCUT2D eigenvalue weighted by atomic mass is 10.1. The average Bonchev–Trinajstić information content (AvgIpc) is 3.11. The number of pyridine rings is 2. The number of nitrogens with one attached hydrogen (secondary N) is 1. The average molecular weight is 346 g/mol. The van der Waals surface area contributed by atoms with Gasteiger partial charge in [0.05, 0.1) is 15.9 Å². The van der Waals surface area contributed by atoms with Crippen molar-refractivity contribution in [2.75, 3.05) is 0 Å². The number of fused-ring (bicyclic) bond motifs is 1. The summed E-state index contributed by atoms with van der Waals surface area (Å²) in [6.07, 6.45) is 5.20. The van der Waals surface area contributed by atoms with Crippen LogP contribution in [0.4, 0.5) is 0 Å². The van der Waals surface area contributed by atoms with Gasteiger partial charge < -0.3 is 5.32 Å². The second-order valence-electron chi connectivity index (χ2n) is 5.42. The first kappa shape index (κ1) is 15.4. The zero-order valence-electron chi connectivity index (χ0n) is 13.2. The van der Waals surface area contributed by atoms with Crippen molar-refractivity contribution in [2.45, 2.75) is 6.54 Å². The zero-order chi connectivity index (χ0) is 17.1. The van der Waals surface area contributed by atoms with Gasteiger partial charge in [-0.2, -0.15) is 0 Å². The Labute approximate surface area is 148 Å². The number of nitrogens with zero attached hydrogens (tertiary/aromatic N) is 3. The first-order chi connectivity index (χ1) is 12.3. The molecule has 25 heavy (non-hydrogen) atoms. The number of amides is 1. The van der Waals surface area contributed by atoms with Crippen LogP contribution in [0.2, 0.25) is 0 Å². The van der Waals surface area contributed by atoms with Crippen LogP contribution in [0.5, 0.6) is 0 Å². The minimum atomic E-state index is -0.175. The molecule has 0 aliphatic heterocycles. The molecule has 0 bridgehead atoms. The summed E-state index contributed by atoms with van der Waals surface area (Å²) in [5, 5.41) is 3.41. The number of rotatable bonds is 4. The second kappa shape index (κ2) is 6.78. The predicted octanol–water partition coefficient (Wildman–Crippen LogP) is 3.68. The smallest absolute Gasteiger partial charge is 0.280 e. The maximum absolute atomic E-state index is 12.4. The molecule has 0 aliphatic rings. The molecule has 6 heteroatoms. The van der Waals surface area contributed by atoms with Crippen molar-refractivity contribution in [1.82, 2.24) is 20.3 Å². The monoisotopic (exact) mass is 346 g/mol. The summed E-state index contributed by atoms with van der Waals surface area (Å²) in [6.45, 7) is 0.389. The second-order valence-corrected chi connectivity index (χ2v) is 6.45. The highest BCUT2D eigenvalue weighted by atomic mass is 32.1. The summed E-state index contributed by atoms with van der Waals surface area (Å²) < 4.78 is 1.01. The van der Waals surface area contributed by atoms with E-state index >= 15 is 0 Å². The molecule has 0 aliphatic carbocycles. The highest BCUT2D eigenvalue weighted by Crippen LogP contribution is 2.22. The Morgan fingerprint density at radius 2 is 1.84 bits per heavy atom. The molecule has 0 atom stereocenters. The van der Waals surface area contributed by atoms with Crippen molar-refractivity contribution in [2.24, 2.45) is 0 Å². The number of para-hydroxylation sites is 1. The van der Waals surface area contributed by atoms with Crippen molar-refractivity contribution in [1.29, 1.82) is 0 Å². The predicted molar refractivity (Wildman–Crippen MR) is 98.3 cm³/mol. The molecule has 122 valence electrons. The molecule has 0 fully saturated rings. The van der Waals surface area contributed by atoms with Crippen LogP contribution < -0.4 is 5.32 Å². The summed E-state index contributed by atoms with van der Waals surface area (Å²) in [5.74, 6) is -0.175. The molecule has 4 aromatic rings. The van der Waals surface area contributed by atoms with E-state index in [0.717, 1.165) is 27.0 Å². The van der Waals surface area contributed by atoms with Gasteiger partial charge in [0, 0.05) is 30.7 Å². The Hall–Kier alpha value is -3.12. The van der Waals surface area contributed by atoms with Gasteiger partial charge in [-0.3, -0.25) is 14.8 Å². The lowest BCUT2D eigenvalue weighted by molar-refractivity contribution is 0.0951. The number of hydrogen-bond donors (Lipinski definition) is 1. The minimum Gasteiger partial charge on any atom is -0.346 e. The molecule has 1 aromatic carbocycles. The number of hydrogen-bond acceptors (Lipinski definition) is 5. The quantitative estimate of drug-likeness (QED) is 0.612. The van der Waals surface area contributed by atoms with Crippen LogP contribution >= 0.6 is 11.3 Å². The van der Waals surface area contributed by atoms with Crippen molar-refractivity contribution in [3.8, 4) is 11.3 Å². The topological polar surface area (TPSA) is 67.8 Å². The highest BCUT2D eigenvalue weighted by molar-refractivity contribution is 7.20. The number of carbonyl (C=O) groups excluding carboxylic acids is 1. The number of aromatic nitrogens is 3. The van der Waals surface area contributed by atoms with Gasteiger partial charge in [0.1, 0.15) is 0 Å². The summed E-state index contributed by atoms with van der Waals surface area (Å²) in [5.41, 5.74) is 3.61. The fraction of sp³-hybridized carbons (Fsp3) is 0.0526. The molecule has 4 rings (SSSR count). The van der Waals surface area contributed by atoms with E-state index in [0.29, 0.717) is 11.6 Å². The molecule has 3 aromatic heterocycles. The maximum atomic E-state index is 12.4. The summed E-state index contributed by atoms with van der Waals surface area (Å²) in [6, 6.07) is 15.4. The van der Waals surface area contributed by atoms with Gasteiger partial charge in [-0.15, -0.1) is 11.3 Å². The summed E-state index contributed by atoms with van der Waals surface area (Å²) >= 11 is 1.39. The van der Waals surface area contributed by atoms with Crippen molar-refractivity contribution >= 4 is 27.5 Å². The van der Waals surface area contributed by atoms with E-state index < -0.39 is 0 Å². The molecule has 1 N–H and O–H groups in total. The molecule has 3 heterocycles. The largest absolute Gasteiger partial charge is 0.346 e. The van der Waals surface area contributed by atoms with Gasteiger partial charge in [0.25, 0.3) is 5.91 Å². The summed E-state index contributed by atoms with van der Waals surface area (Å²) in [4.78, 5) is 25.3. The third-order valence-electron chi connectivity index (χ3n) is 3.77. The third kappa shape index (κ3) is 3.25. The normalized spacial score (nSPS) is 10.7. The molecule has 0 spiro atoms. The van der Waals surface area contributed by atoms with E-state index in [4.69, 9.17) is 0 Å². The van der Waals surface area contributed by atoms with Gasteiger partial charge >= 0.3 is 0 Å². The Morgan fingerprint density at radius 1 is 1.00 bits per heavy atom. The standard InChI is InChI=1S/C19H14N4OS/c24-18(19-23-15-5-1-2-6-16(15)25-19)22-12-14-4-3-9-21-17(14)13-7-10-20-11-8-13/h1-11H,12H2,(H,22,24). The van der Waals surface area contributed by atoms with Crippen LogP contribution in [0.1, 0.15) is 15.4 Å². The Kier molecular flexibility index (Phi) is 4.18. The van der Waals surface area contributed by atoms with Crippen LogP contribution in [0, 0.1) is 0 Å². The Bertz CT molecular complexity index is 997. The van der Waals surface area contributed by atoms with E-state index in [1.54, 1.807) is 18.6 Å². The lowest BCUT2D eigenvalue weighted by Gasteiger charge is -2.09. The molecular weight excluding hydrogens is 332 g/mol. The Morgan fingerprint density at radius 3 is 2.68 bits per heavy atom. The van der Waals surface area contributed by atoms with E-state index in [1.807, 2.05) is 48.5 Å². The van der Waals surface area contributed by atoms with E-state index in [2.05, 4.69) is 20.3 Å². The lowest BCUT2D eigenvalue weighted by Crippen LogP contribution is -2.23. The molecular formula is C19H14N4OS. The molecule has 0 saturated heterocycles. The SMILES string of the molecule is O=C(NCc1cccnc1-c1ccncc1)c1nc2ccccc2s1. The van der Waals surface area contributed by atoms with Gasteiger partial charge in [0.15, 0.2) is 5.01 Å². The minimum absolute atomic E-state index is 0.175. The van der Waals surface area contributed by atoms with Gasteiger partial charge in [0.2, 0.25) is 0 Å². The zero-order valence-corrected chi connectivity index (χ0v) is 14.0. The van der Waals surface area contributed by atoms with Gasteiger partial charge in [-0.05, 0) is 35.9 Å². The third-order valence-corrected chi connectivity index (χ3v) is 4.81. The fourth-order valence-corrected chi connectivity index (χ4v) is 3.45. The van der Waals surface area contributed by atoms with Crippen LogP contribution in [-0.4, -0.2) is 20.9 Å². The fourth-order valence-electron chi connectivity index (χ4n) is 2.57. The first-order valence-electron chi connectivity index (χ1n) is 7.79. The number of carbonyl (C=O) groups is 1. The van der Waals surface area contributed by atoms with Gasteiger partial charge in [-0.25, -0.2) is 4.98 Å². The van der Waals surface area contributed by atoms with E-state index in [1.165, 1.54) is 11.3 Å². The van der Waals surface area contributed by atoms with Crippen LogP contribution in [0.25, 0.3) is 21.5 Å². The Balaban J connectivity index is 1.54. The summed E-state index contributed by atoms with van der Waals surface area (Å²) in [7, 11) is 0. The maximum Gasteiger partial charge on any atom is 0.280 e. The molecule has 5 nitrogen and oxygen atoms in total. The van der Waals surface area contributed by atoms with Crippen LogP contribution in [0.15, 0.2) is 67.1 Å². The van der Waals surface area contributed by atoms with Crippen molar-refractivity contribution < 1.29 is 4.79 Å².